The van der Waals surface area contributed by atoms with E-state index in [9.17, 15) is 4.79 Å². The topological polar surface area (TPSA) is 58.4 Å². The van der Waals surface area contributed by atoms with Crippen LogP contribution in [0.4, 0.5) is 0 Å². The van der Waals surface area contributed by atoms with E-state index in [0.29, 0.717) is 6.04 Å². The Kier molecular flexibility index (Phi) is 5.64. The van der Waals surface area contributed by atoms with Crippen molar-refractivity contribution in [2.45, 2.75) is 64.0 Å². The zero-order valence-electron chi connectivity index (χ0n) is 12.2. The van der Waals surface area contributed by atoms with Crippen LogP contribution in [0.2, 0.25) is 0 Å². The summed E-state index contributed by atoms with van der Waals surface area (Å²) >= 11 is 0. The number of hydrogen-bond acceptors (Lipinski definition) is 3. The molecule has 2 atom stereocenters. The lowest BCUT2D eigenvalue weighted by molar-refractivity contribution is -0.120. The molecule has 0 aromatic rings. The molecule has 0 spiro atoms. The van der Waals surface area contributed by atoms with Crippen LogP contribution in [-0.2, 0) is 4.79 Å². The highest BCUT2D eigenvalue weighted by Crippen LogP contribution is 2.23. The summed E-state index contributed by atoms with van der Waals surface area (Å²) in [6.07, 6.45) is 8.93. The van der Waals surface area contributed by atoms with Crippen molar-refractivity contribution in [3.05, 3.63) is 0 Å². The van der Waals surface area contributed by atoms with E-state index in [0.717, 1.165) is 25.6 Å². The zero-order chi connectivity index (χ0) is 13.7. The van der Waals surface area contributed by atoms with Crippen molar-refractivity contribution in [1.29, 1.82) is 0 Å². The van der Waals surface area contributed by atoms with Gasteiger partial charge in [0.25, 0.3) is 0 Å². The van der Waals surface area contributed by atoms with E-state index in [1.54, 1.807) is 0 Å². The van der Waals surface area contributed by atoms with Gasteiger partial charge in [-0.3, -0.25) is 4.79 Å². The average Bonchev–Trinajstić information content (AvgIpc) is 3.18. The molecule has 110 valence electrons. The molecule has 0 bridgehead atoms. The number of carbonyl (C=O) groups is 1. The maximum atomic E-state index is 11.5. The Morgan fingerprint density at radius 2 is 2.11 bits per heavy atom. The highest BCUT2D eigenvalue weighted by atomic mass is 16.1. The van der Waals surface area contributed by atoms with E-state index >= 15 is 0 Å². The zero-order valence-corrected chi connectivity index (χ0v) is 12.2. The molecule has 3 N–H and O–H groups in total. The summed E-state index contributed by atoms with van der Waals surface area (Å²) < 4.78 is 0. The first-order valence-electron chi connectivity index (χ1n) is 7.96. The molecule has 1 aliphatic heterocycles. The number of nitrogens with two attached hydrogens (primary N) is 1. The fourth-order valence-electron chi connectivity index (χ4n) is 3.12. The lowest BCUT2D eigenvalue weighted by Crippen LogP contribution is -2.50. The minimum Gasteiger partial charge on any atom is -0.368 e. The molecule has 0 radical (unpaired) electrons. The Labute approximate surface area is 117 Å². The van der Waals surface area contributed by atoms with Gasteiger partial charge in [0.15, 0.2) is 0 Å². The number of rotatable bonds is 7. The van der Waals surface area contributed by atoms with Crippen LogP contribution >= 0.6 is 0 Å². The van der Waals surface area contributed by atoms with Crippen molar-refractivity contribution in [1.82, 2.24) is 10.2 Å². The average molecular weight is 267 g/mol. The van der Waals surface area contributed by atoms with Gasteiger partial charge in [-0.1, -0.05) is 19.8 Å². The molecule has 2 aliphatic rings. The molecule has 1 amide bonds. The molecule has 2 unspecified atom stereocenters. The highest BCUT2D eigenvalue weighted by molar-refractivity contribution is 5.80. The molecule has 2 rings (SSSR count). The number of nitrogens with one attached hydrogen (secondary N) is 1. The molecule has 1 saturated heterocycles. The minimum absolute atomic E-state index is 0.157. The molecule has 1 aliphatic carbocycles. The van der Waals surface area contributed by atoms with Gasteiger partial charge in [0.2, 0.25) is 5.91 Å². The Bertz CT molecular complexity index is 291. The Balaban J connectivity index is 1.78. The second-order valence-corrected chi connectivity index (χ2v) is 6.28. The van der Waals surface area contributed by atoms with Crippen LogP contribution in [0.1, 0.15) is 51.9 Å². The van der Waals surface area contributed by atoms with Crippen molar-refractivity contribution in [3.63, 3.8) is 0 Å². The molecule has 19 heavy (non-hydrogen) atoms. The molecule has 2 fully saturated rings. The van der Waals surface area contributed by atoms with Crippen molar-refractivity contribution in [3.8, 4) is 0 Å². The maximum absolute atomic E-state index is 11.5. The summed E-state index contributed by atoms with van der Waals surface area (Å²) in [5.41, 5.74) is 5.52. The highest BCUT2D eigenvalue weighted by Gasteiger charge is 2.29. The lowest BCUT2D eigenvalue weighted by Gasteiger charge is -2.25. The van der Waals surface area contributed by atoms with Gasteiger partial charge in [-0.25, -0.2) is 0 Å². The van der Waals surface area contributed by atoms with Gasteiger partial charge in [0, 0.05) is 12.6 Å². The van der Waals surface area contributed by atoms with Crippen LogP contribution in [0.25, 0.3) is 0 Å². The third kappa shape index (κ3) is 5.11. The van der Waals surface area contributed by atoms with Gasteiger partial charge in [0.05, 0.1) is 6.04 Å². The van der Waals surface area contributed by atoms with Gasteiger partial charge in [-0.05, 0) is 51.1 Å². The van der Waals surface area contributed by atoms with E-state index in [2.05, 4.69) is 17.1 Å². The van der Waals surface area contributed by atoms with Crippen molar-refractivity contribution >= 4 is 5.91 Å². The Morgan fingerprint density at radius 3 is 2.74 bits per heavy atom. The molecule has 0 aromatic carbocycles. The molecule has 1 heterocycles. The molecule has 1 saturated carbocycles. The number of likely N-dealkylation sites (tertiary alicyclic amines) is 1. The normalized spacial score (nSPS) is 26.9. The third-order valence-corrected chi connectivity index (χ3v) is 4.44. The number of carbonyl (C=O) groups excluding carboxylic acids is 1. The number of amides is 1. The fourth-order valence-corrected chi connectivity index (χ4v) is 3.12. The first kappa shape index (κ1) is 14.8. The summed E-state index contributed by atoms with van der Waals surface area (Å²) in [6.45, 7) is 5.31. The van der Waals surface area contributed by atoms with E-state index in [4.69, 9.17) is 5.73 Å². The summed E-state index contributed by atoms with van der Waals surface area (Å²) in [4.78, 5) is 14.0. The molecule has 4 heteroatoms. The van der Waals surface area contributed by atoms with Crippen molar-refractivity contribution in [2.24, 2.45) is 11.7 Å². The van der Waals surface area contributed by atoms with Crippen LogP contribution in [0.15, 0.2) is 0 Å². The smallest absolute Gasteiger partial charge is 0.235 e. The summed E-state index contributed by atoms with van der Waals surface area (Å²) in [7, 11) is 0. The van der Waals surface area contributed by atoms with Gasteiger partial charge in [0.1, 0.15) is 0 Å². The predicted molar refractivity (Wildman–Crippen MR) is 77.8 cm³/mol. The fraction of sp³-hybridized carbons (Fsp3) is 0.933. The standard InChI is InChI=1S/C15H29N3O/c1-2-4-12-5-3-9-18(10-8-12)11-14(15(16)19)17-13-6-7-13/h12-14,17H,2-11H2,1H3,(H2,16,19). The summed E-state index contributed by atoms with van der Waals surface area (Å²) in [5.74, 6) is 0.694. The van der Waals surface area contributed by atoms with Gasteiger partial charge in [-0.2, -0.15) is 0 Å². The first-order chi connectivity index (χ1) is 9.19. The summed E-state index contributed by atoms with van der Waals surface area (Å²) in [5, 5.41) is 3.38. The van der Waals surface area contributed by atoms with Gasteiger partial charge < -0.3 is 16.0 Å². The lowest BCUT2D eigenvalue weighted by atomic mass is 9.96. The SMILES string of the molecule is CCCC1CCCN(CC(NC2CC2)C(N)=O)CC1. The molecule has 0 aromatic heterocycles. The van der Waals surface area contributed by atoms with Crippen molar-refractivity contribution in [2.75, 3.05) is 19.6 Å². The van der Waals surface area contributed by atoms with Crippen LogP contribution in [0.5, 0.6) is 0 Å². The largest absolute Gasteiger partial charge is 0.368 e. The predicted octanol–water partition coefficient (Wildman–Crippen LogP) is 1.49. The third-order valence-electron chi connectivity index (χ3n) is 4.44. The van der Waals surface area contributed by atoms with Gasteiger partial charge >= 0.3 is 0 Å². The molecular formula is C15H29N3O. The molecular weight excluding hydrogens is 238 g/mol. The monoisotopic (exact) mass is 267 g/mol. The minimum atomic E-state index is -0.193. The Hall–Kier alpha value is -0.610. The van der Waals surface area contributed by atoms with Crippen LogP contribution in [-0.4, -0.2) is 42.5 Å². The van der Waals surface area contributed by atoms with E-state index in [1.807, 2.05) is 0 Å². The van der Waals surface area contributed by atoms with E-state index in [1.165, 1.54) is 44.9 Å². The summed E-state index contributed by atoms with van der Waals surface area (Å²) in [6, 6.07) is 0.382. The second kappa shape index (κ2) is 7.25. The molecule has 4 nitrogen and oxygen atoms in total. The van der Waals surface area contributed by atoms with Crippen LogP contribution in [0.3, 0.4) is 0 Å². The van der Waals surface area contributed by atoms with Gasteiger partial charge in [-0.15, -0.1) is 0 Å². The number of hydrogen-bond donors (Lipinski definition) is 2. The first-order valence-corrected chi connectivity index (χ1v) is 7.96. The second-order valence-electron chi connectivity index (χ2n) is 6.28. The van der Waals surface area contributed by atoms with E-state index < -0.39 is 0 Å². The van der Waals surface area contributed by atoms with Crippen LogP contribution in [0, 0.1) is 5.92 Å². The van der Waals surface area contributed by atoms with Crippen LogP contribution < -0.4 is 11.1 Å². The maximum Gasteiger partial charge on any atom is 0.235 e. The quantitative estimate of drug-likeness (QED) is 0.735. The number of primary amides is 1. The van der Waals surface area contributed by atoms with E-state index in [-0.39, 0.29) is 11.9 Å². The number of nitrogens with zero attached hydrogens (tertiary/aromatic N) is 1. The van der Waals surface area contributed by atoms with Crippen molar-refractivity contribution < 1.29 is 4.79 Å². The Morgan fingerprint density at radius 1 is 1.32 bits per heavy atom.